The van der Waals surface area contributed by atoms with Gasteiger partial charge in [0.2, 0.25) is 5.91 Å². The molecule has 0 unspecified atom stereocenters. The third-order valence-corrected chi connectivity index (χ3v) is 5.31. The number of carbonyl (C=O) groups is 1. The molecule has 6 nitrogen and oxygen atoms in total. The van der Waals surface area contributed by atoms with Crippen LogP contribution in [-0.4, -0.2) is 40.0 Å². The fourth-order valence-corrected chi connectivity index (χ4v) is 3.68. The highest BCUT2D eigenvalue weighted by Gasteiger charge is 2.32. The van der Waals surface area contributed by atoms with Crippen molar-refractivity contribution in [2.75, 3.05) is 24.5 Å². The zero-order chi connectivity index (χ0) is 22.7. The first kappa shape index (κ1) is 21.6. The number of imidazole rings is 1. The first-order valence-electron chi connectivity index (χ1n) is 10.0. The van der Waals surface area contributed by atoms with Gasteiger partial charge in [-0.25, -0.2) is 4.98 Å². The molecular weight excluding hydrogens is 419 g/mol. The molecule has 32 heavy (non-hydrogen) atoms. The molecule has 2 aromatic carbocycles. The number of rotatable bonds is 5. The van der Waals surface area contributed by atoms with Gasteiger partial charge >= 0.3 is 6.18 Å². The van der Waals surface area contributed by atoms with Gasteiger partial charge in [-0.05, 0) is 35.9 Å². The lowest BCUT2D eigenvalue weighted by molar-refractivity contribution is -0.137. The SMILES string of the molecule is N#Cc1ccc(Cn2cnc(CN3CCN(c4cccc(C(F)(F)F)c4)C(=O)C3)c2)cc1. The Morgan fingerprint density at radius 2 is 1.84 bits per heavy atom. The van der Waals surface area contributed by atoms with Crippen LogP contribution < -0.4 is 4.90 Å². The molecule has 0 aliphatic carbocycles. The Bertz CT molecular complexity index is 1150. The Kier molecular flexibility index (Phi) is 5.97. The minimum absolute atomic E-state index is 0.110. The minimum atomic E-state index is -4.45. The van der Waals surface area contributed by atoms with Crippen LogP contribution in [0.15, 0.2) is 61.1 Å². The first-order valence-corrected chi connectivity index (χ1v) is 10.0. The summed E-state index contributed by atoms with van der Waals surface area (Å²) in [6.07, 6.45) is -0.826. The van der Waals surface area contributed by atoms with E-state index in [0.717, 1.165) is 23.4 Å². The average Bonchev–Trinajstić information content (AvgIpc) is 3.20. The van der Waals surface area contributed by atoms with E-state index in [4.69, 9.17) is 5.26 Å². The molecule has 1 fully saturated rings. The van der Waals surface area contributed by atoms with E-state index in [9.17, 15) is 18.0 Å². The molecular formula is C23H20F3N5O. The average molecular weight is 439 g/mol. The van der Waals surface area contributed by atoms with Gasteiger partial charge in [-0.2, -0.15) is 18.4 Å². The van der Waals surface area contributed by atoms with Crippen molar-refractivity contribution in [2.45, 2.75) is 19.3 Å². The molecule has 9 heteroatoms. The summed E-state index contributed by atoms with van der Waals surface area (Å²) in [4.78, 5) is 20.3. The number of nitrogens with zero attached hydrogens (tertiary/aromatic N) is 5. The lowest BCUT2D eigenvalue weighted by Crippen LogP contribution is -2.50. The van der Waals surface area contributed by atoms with Gasteiger partial charge < -0.3 is 9.47 Å². The van der Waals surface area contributed by atoms with Crippen molar-refractivity contribution in [2.24, 2.45) is 0 Å². The molecule has 0 bridgehead atoms. The molecule has 1 saturated heterocycles. The quantitative estimate of drug-likeness (QED) is 0.609. The van der Waals surface area contributed by atoms with E-state index in [2.05, 4.69) is 11.1 Å². The second-order valence-electron chi connectivity index (χ2n) is 7.65. The van der Waals surface area contributed by atoms with Gasteiger partial charge in [0.1, 0.15) is 0 Å². The number of amides is 1. The molecule has 0 spiro atoms. The van der Waals surface area contributed by atoms with E-state index in [1.54, 1.807) is 18.5 Å². The molecule has 2 heterocycles. The summed E-state index contributed by atoms with van der Waals surface area (Å²) in [5, 5.41) is 8.88. The molecule has 1 aliphatic heterocycles. The predicted octanol–water partition coefficient (Wildman–Crippen LogP) is 3.67. The Morgan fingerprint density at radius 3 is 2.53 bits per heavy atom. The van der Waals surface area contributed by atoms with Gasteiger partial charge in [0.15, 0.2) is 0 Å². The van der Waals surface area contributed by atoms with Gasteiger partial charge in [-0.1, -0.05) is 18.2 Å². The molecule has 1 aromatic heterocycles. The lowest BCUT2D eigenvalue weighted by Gasteiger charge is -2.34. The maximum Gasteiger partial charge on any atom is 0.416 e. The summed E-state index contributed by atoms with van der Waals surface area (Å²) >= 11 is 0. The topological polar surface area (TPSA) is 65.2 Å². The number of aromatic nitrogens is 2. The summed E-state index contributed by atoms with van der Waals surface area (Å²) in [5.74, 6) is -0.243. The van der Waals surface area contributed by atoms with Crippen molar-refractivity contribution in [3.63, 3.8) is 0 Å². The van der Waals surface area contributed by atoms with E-state index in [0.29, 0.717) is 31.7 Å². The van der Waals surface area contributed by atoms with Crippen molar-refractivity contribution >= 4 is 11.6 Å². The Balaban J connectivity index is 1.35. The van der Waals surface area contributed by atoms with Gasteiger partial charge in [-0.15, -0.1) is 0 Å². The van der Waals surface area contributed by atoms with E-state index in [-0.39, 0.29) is 18.1 Å². The number of hydrogen-bond acceptors (Lipinski definition) is 4. The van der Waals surface area contributed by atoms with Crippen molar-refractivity contribution in [1.29, 1.82) is 5.26 Å². The van der Waals surface area contributed by atoms with Gasteiger partial charge in [0.05, 0.1) is 35.8 Å². The molecule has 164 valence electrons. The Morgan fingerprint density at radius 1 is 1.06 bits per heavy atom. The minimum Gasteiger partial charge on any atom is -0.333 e. The number of hydrogen-bond donors (Lipinski definition) is 0. The number of halogens is 3. The van der Waals surface area contributed by atoms with Crippen LogP contribution in [0.5, 0.6) is 0 Å². The van der Waals surface area contributed by atoms with Crippen LogP contribution in [-0.2, 0) is 24.1 Å². The smallest absolute Gasteiger partial charge is 0.333 e. The fraction of sp³-hybridized carbons (Fsp3) is 0.261. The predicted molar refractivity (Wildman–Crippen MR) is 112 cm³/mol. The van der Waals surface area contributed by atoms with Gasteiger partial charge in [0, 0.05) is 38.1 Å². The van der Waals surface area contributed by atoms with Crippen molar-refractivity contribution in [3.8, 4) is 6.07 Å². The van der Waals surface area contributed by atoms with Gasteiger partial charge in [0.25, 0.3) is 0 Å². The molecule has 1 amide bonds. The molecule has 3 aromatic rings. The standard InChI is InChI=1S/C23H20F3N5O/c24-23(25,26)19-2-1-3-21(10-19)31-9-8-29(15-22(31)32)13-20-14-30(16-28-20)12-18-6-4-17(11-27)5-7-18/h1-7,10,14,16H,8-9,12-13,15H2. The second kappa shape index (κ2) is 8.85. The third kappa shape index (κ3) is 4.98. The normalized spacial score (nSPS) is 15.1. The summed E-state index contributed by atoms with van der Waals surface area (Å²) in [7, 11) is 0. The van der Waals surface area contributed by atoms with Crippen molar-refractivity contribution in [1.82, 2.24) is 14.5 Å². The summed E-state index contributed by atoms with van der Waals surface area (Å²) in [5.41, 5.74) is 1.94. The Labute approximate surface area is 183 Å². The lowest BCUT2D eigenvalue weighted by atomic mass is 10.1. The molecule has 4 rings (SSSR count). The van der Waals surface area contributed by atoms with E-state index < -0.39 is 11.7 Å². The van der Waals surface area contributed by atoms with E-state index in [1.807, 2.05) is 27.8 Å². The molecule has 0 atom stereocenters. The fourth-order valence-electron chi connectivity index (χ4n) is 3.68. The first-order chi connectivity index (χ1) is 15.3. The van der Waals surface area contributed by atoms with E-state index in [1.165, 1.54) is 17.0 Å². The number of carbonyl (C=O) groups excluding carboxylic acids is 1. The molecule has 1 aliphatic rings. The molecule has 0 radical (unpaired) electrons. The summed E-state index contributed by atoms with van der Waals surface area (Å²) in [6.45, 7) is 2.04. The summed E-state index contributed by atoms with van der Waals surface area (Å²) in [6, 6.07) is 14.3. The summed E-state index contributed by atoms with van der Waals surface area (Å²) < 4.78 is 40.9. The highest BCUT2D eigenvalue weighted by atomic mass is 19.4. The number of alkyl halides is 3. The van der Waals surface area contributed by atoms with Crippen LogP contribution in [0, 0.1) is 11.3 Å². The Hall–Kier alpha value is -3.64. The van der Waals surface area contributed by atoms with Crippen molar-refractivity contribution < 1.29 is 18.0 Å². The van der Waals surface area contributed by atoms with E-state index >= 15 is 0 Å². The van der Waals surface area contributed by atoms with Crippen LogP contribution in [0.1, 0.15) is 22.4 Å². The van der Waals surface area contributed by atoms with Crippen molar-refractivity contribution in [3.05, 3.63) is 83.4 Å². The van der Waals surface area contributed by atoms with Crippen LogP contribution in [0.3, 0.4) is 0 Å². The largest absolute Gasteiger partial charge is 0.416 e. The monoisotopic (exact) mass is 439 g/mol. The van der Waals surface area contributed by atoms with Crippen LogP contribution in [0.4, 0.5) is 18.9 Å². The number of anilines is 1. The van der Waals surface area contributed by atoms with Crippen LogP contribution in [0.2, 0.25) is 0 Å². The maximum absolute atomic E-state index is 13.0. The van der Waals surface area contributed by atoms with Crippen LogP contribution >= 0.6 is 0 Å². The molecule has 0 N–H and O–H groups in total. The third-order valence-electron chi connectivity index (χ3n) is 5.31. The van der Waals surface area contributed by atoms with Crippen LogP contribution in [0.25, 0.3) is 0 Å². The molecule has 0 saturated carbocycles. The highest BCUT2D eigenvalue weighted by molar-refractivity contribution is 5.95. The zero-order valence-electron chi connectivity index (χ0n) is 17.1. The zero-order valence-corrected chi connectivity index (χ0v) is 17.1. The number of nitriles is 1. The van der Waals surface area contributed by atoms with Gasteiger partial charge in [-0.3, -0.25) is 9.69 Å². The number of piperazine rings is 1. The number of benzene rings is 2. The highest BCUT2D eigenvalue weighted by Crippen LogP contribution is 2.32. The maximum atomic E-state index is 13.0. The second-order valence-corrected chi connectivity index (χ2v) is 7.65.